The van der Waals surface area contributed by atoms with Gasteiger partial charge in [-0.25, -0.2) is 4.68 Å². The number of fused-ring (bicyclic) bond motifs is 1. The fourth-order valence-corrected chi connectivity index (χ4v) is 3.04. The van der Waals surface area contributed by atoms with Crippen molar-refractivity contribution < 1.29 is 9.94 Å². The number of anilines is 1. The molecule has 0 aliphatic carbocycles. The van der Waals surface area contributed by atoms with Crippen LogP contribution in [0.1, 0.15) is 5.56 Å². The fourth-order valence-electron chi connectivity index (χ4n) is 3.04. The SMILES string of the molecule is COc1ccc(Cn2nnc3ccccc32)cc1-c1cccc(NO)c1. The summed E-state index contributed by atoms with van der Waals surface area (Å²) in [6.07, 6.45) is 0. The molecule has 0 aliphatic heterocycles. The van der Waals surface area contributed by atoms with Crippen LogP contribution in [-0.4, -0.2) is 27.3 Å². The molecule has 0 fully saturated rings. The molecule has 26 heavy (non-hydrogen) atoms. The van der Waals surface area contributed by atoms with Crippen LogP contribution in [0.15, 0.2) is 66.7 Å². The number of nitrogens with one attached hydrogen (secondary N) is 1. The van der Waals surface area contributed by atoms with Gasteiger partial charge in [0.15, 0.2) is 0 Å². The Hall–Kier alpha value is -3.38. The first kappa shape index (κ1) is 16.1. The van der Waals surface area contributed by atoms with Gasteiger partial charge in [0.05, 0.1) is 24.9 Å². The van der Waals surface area contributed by atoms with Gasteiger partial charge in [0.1, 0.15) is 11.3 Å². The van der Waals surface area contributed by atoms with E-state index in [0.29, 0.717) is 12.2 Å². The minimum atomic E-state index is 0.607. The molecule has 1 aromatic heterocycles. The smallest absolute Gasteiger partial charge is 0.126 e. The molecule has 0 amide bonds. The standard InChI is InChI=1S/C20H18N4O2/c1-26-20-10-9-14(11-17(20)15-5-4-6-16(12-15)22-25)13-24-19-8-3-2-7-18(19)21-23-24/h2-12,22,25H,13H2,1H3. The molecule has 1 heterocycles. The molecule has 6 heteroatoms. The highest BCUT2D eigenvalue weighted by Gasteiger charge is 2.10. The third-order valence-corrected chi connectivity index (χ3v) is 4.32. The first-order valence-corrected chi connectivity index (χ1v) is 8.24. The zero-order chi connectivity index (χ0) is 17.9. The average Bonchev–Trinajstić information content (AvgIpc) is 3.11. The summed E-state index contributed by atoms with van der Waals surface area (Å²) in [5.41, 5.74) is 7.66. The molecule has 3 aromatic carbocycles. The van der Waals surface area contributed by atoms with Gasteiger partial charge in [-0.15, -0.1) is 5.10 Å². The summed E-state index contributed by atoms with van der Waals surface area (Å²) in [5.74, 6) is 0.771. The summed E-state index contributed by atoms with van der Waals surface area (Å²) in [6, 6.07) is 21.5. The van der Waals surface area contributed by atoms with Crippen molar-refractivity contribution in [1.29, 1.82) is 0 Å². The Bertz CT molecular complexity index is 1060. The third-order valence-electron chi connectivity index (χ3n) is 4.32. The number of benzene rings is 3. The maximum Gasteiger partial charge on any atom is 0.126 e. The first-order chi connectivity index (χ1) is 12.8. The van der Waals surface area contributed by atoms with Crippen molar-refractivity contribution in [3.05, 3.63) is 72.3 Å². The summed E-state index contributed by atoms with van der Waals surface area (Å²) >= 11 is 0. The average molecular weight is 346 g/mol. The van der Waals surface area contributed by atoms with Gasteiger partial charge in [-0.05, 0) is 47.5 Å². The van der Waals surface area contributed by atoms with E-state index in [1.165, 1.54) is 0 Å². The number of hydrogen-bond acceptors (Lipinski definition) is 5. The van der Waals surface area contributed by atoms with E-state index in [1.54, 1.807) is 13.2 Å². The van der Waals surface area contributed by atoms with E-state index in [9.17, 15) is 0 Å². The van der Waals surface area contributed by atoms with Gasteiger partial charge in [0.2, 0.25) is 0 Å². The van der Waals surface area contributed by atoms with Crippen molar-refractivity contribution in [3.63, 3.8) is 0 Å². The van der Waals surface area contributed by atoms with Crippen LogP contribution in [-0.2, 0) is 6.54 Å². The normalized spacial score (nSPS) is 10.8. The van der Waals surface area contributed by atoms with Gasteiger partial charge in [-0.2, -0.15) is 0 Å². The predicted molar refractivity (Wildman–Crippen MR) is 100 cm³/mol. The van der Waals surface area contributed by atoms with Crippen molar-refractivity contribution in [2.45, 2.75) is 6.54 Å². The van der Waals surface area contributed by atoms with E-state index >= 15 is 0 Å². The Morgan fingerprint density at radius 1 is 1.04 bits per heavy atom. The number of ether oxygens (including phenoxy) is 1. The predicted octanol–water partition coefficient (Wildman–Crippen LogP) is 3.96. The molecule has 0 unspecified atom stereocenters. The lowest BCUT2D eigenvalue weighted by Crippen LogP contribution is -2.02. The van der Waals surface area contributed by atoms with Crippen molar-refractivity contribution in [2.24, 2.45) is 0 Å². The summed E-state index contributed by atoms with van der Waals surface area (Å²) in [4.78, 5) is 0. The van der Waals surface area contributed by atoms with Crippen LogP contribution in [0.3, 0.4) is 0 Å². The highest BCUT2D eigenvalue weighted by atomic mass is 16.5. The number of para-hydroxylation sites is 1. The quantitative estimate of drug-likeness (QED) is 0.535. The van der Waals surface area contributed by atoms with E-state index in [2.05, 4.69) is 21.9 Å². The summed E-state index contributed by atoms with van der Waals surface area (Å²) in [6.45, 7) is 0.607. The summed E-state index contributed by atoms with van der Waals surface area (Å²) < 4.78 is 7.40. The topological polar surface area (TPSA) is 72.2 Å². The Morgan fingerprint density at radius 2 is 1.92 bits per heavy atom. The third kappa shape index (κ3) is 2.98. The molecule has 130 valence electrons. The molecule has 4 aromatic rings. The van der Waals surface area contributed by atoms with E-state index in [1.807, 2.05) is 59.3 Å². The molecule has 0 aliphatic rings. The monoisotopic (exact) mass is 346 g/mol. The number of methoxy groups -OCH3 is 1. The molecule has 0 radical (unpaired) electrons. The van der Waals surface area contributed by atoms with Crippen LogP contribution in [0, 0.1) is 0 Å². The number of hydrogen-bond donors (Lipinski definition) is 2. The molecule has 0 atom stereocenters. The van der Waals surface area contributed by atoms with Gasteiger partial charge >= 0.3 is 0 Å². The van der Waals surface area contributed by atoms with Crippen molar-refractivity contribution in [3.8, 4) is 16.9 Å². The largest absolute Gasteiger partial charge is 0.496 e. The zero-order valence-corrected chi connectivity index (χ0v) is 14.3. The first-order valence-electron chi connectivity index (χ1n) is 8.24. The molecular formula is C20H18N4O2. The molecular weight excluding hydrogens is 328 g/mol. The lowest BCUT2D eigenvalue weighted by molar-refractivity contribution is 0.389. The number of nitrogens with zero attached hydrogens (tertiary/aromatic N) is 3. The van der Waals surface area contributed by atoms with Crippen LogP contribution in [0.2, 0.25) is 0 Å². The highest BCUT2D eigenvalue weighted by molar-refractivity contribution is 5.75. The Kier molecular flexibility index (Phi) is 4.25. The van der Waals surface area contributed by atoms with Crippen LogP contribution < -0.4 is 10.2 Å². The number of aromatic nitrogens is 3. The summed E-state index contributed by atoms with van der Waals surface area (Å²) in [5, 5.41) is 17.6. The molecule has 6 nitrogen and oxygen atoms in total. The fraction of sp³-hybridized carbons (Fsp3) is 0.100. The zero-order valence-electron chi connectivity index (χ0n) is 14.3. The van der Waals surface area contributed by atoms with Crippen molar-refractivity contribution in [2.75, 3.05) is 12.6 Å². The van der Waals surface area contributed by atoms with Gasteiger partial charge in [-0.3, -0.25) is 10.7 Å². The van der Waals surface area contributed by atoms with Crippen molar-refractivity contribution in [1.82, 2.24) is 15.0 Å². The second-order valence-electron chi connectivity index (χ2n) is 5.96. The maximum atomic E-state index is 9.16. The van der Waals surface area contributed by atoms with Crippen LogP contribution in [0.4, 0.5) is 5.69 Å². The highest BCUT2D eigenvalue weighted by Crippen LogP contribution is 2.32. The molecule has 0 saturated heterocycles. The van der Waals surface area contributed by atoms with E-state index in [0.717, 1.165) is 33.5 Å². The Balaban J connectivity index is 1.74. The second kappa shape index (κ2) is 6.85. The lowest BCUT2D eigenvalue weighted by atomic mass is 10.0. The Morgan fingerprint density at radius 3 is 2.77 bits per heavy atom. The van der Waals surface area contributed by atoms with Crippen LogP contribution in [0.25, 0.3) is 22.2 Å². The van der Waals surface area contributed by atoms with Gasteiger partial charge in [0.25, 0.3) is 0 Å². The minimum absolute atomic E-state index is 0.607. The molecule has 0 bridgehead atoms. The van der Waals surface area contributed by atoms with Crippen molar-refractivity contribution >= 4 is 16.7 Å². The van der Waals surface area contributed by atoms with Crippen LogP contribution in [0.5, 0.6) is 5.75 Å². The second-order valence-corrected chi connectivity index (χ2v) is 5.96. The van der Waals surface area contributed by atoms with E-state index in [4.69, 9.17) is 9.94 Å². The van der Waals surface area contributed by atoms with Gasteiger partial charge in [-0.1, -0.05) is 35.5 Å². The van der Waals surface area contributed by atoms with Gasteiger partial charge in [0, 0.05) is 5.56 Å². The van der Waals surface area contributed by atoms with Gasteiger partial charge < -0.3 is 4.74 Å². The number of rotatable bonds is 5. The maximum absolute atomic E-state index is 9.16. The van der Waals surface area contributed by atoms with E-state index < -0.39 is 0 Å². The van der Waals surface area contributed by atoms with E-state index in [-0.39, 0.29) is 0 Å². The van der Waals surface area contributed by atoms with Crippen LogP contribution >= 0.6 is 0 Å². The molecule has 0 saturated carbocycles. The summed E-state index contributed by atoms with van der Waals surface area (Å²) in [7, 11) is 1.65. The molecule has 4 rings (SSSR count). The minimum Gasteiger partial charge on any atom is -0.496 e. The lowest BCUT2D eigenvalue weighted by Gasteiger charge is -2.12. The molecule has 2 N–H and O–H groups in total. The Labute approximate surface area is 150 Å². The molecule has 0 spiro atoms.